The molecule has 1 heterocycles. The largest absolute Gasteiger partial charge is 0.337 e. The molecule has 3 amide bonds. The number of urea groups is 1. The number of likely N-dealkylation sites (N-methyl/N-ethyl adjacent to an activating group) is 2. The zero-order valence-corrected chi connectivity index (χ0v) is 22.8. The highest BCUT2D eigenvalue weighted by Crippen LogP contribution is 2.32. The normalized spacial score (nSPS) is 18.6. The summed E-state index contributed by atoms with van der Waals surface area (Å²) >= 11 is 0. The minimum Gasteiger partial charge on any atom is -0.337 e. The van der Waals surface area contributed by atoms with Crippen LogP contribution in [0.15, 0.2) is 91.0 Å². The first-order valence-electron chi connectivity index (χ1n) is 13.3. The summed E-state index contributed by atoms with van der Waals surface area (Å²) in [7, 11) is 3.58. The fraction of sp³-hybridized carbons (Fsp3) is 0.323. The van der Waals surface area contributed by atoms with Gasteiger partial charge in [0.25, 0.3) is 0 Å². The highest BCUT2D eigenvalue weighted by Gasteiger charge is 2.44. The topological polar surface area (TPSA) is 76.2 Å². The summed E-state index contributed by atoms with van der Waals surface area (Å²) in [6, 6.07) is 28.5. The van der Waals surface area contributed by atoms with Crippen molar-refractivity contribution in [1.82, 2.24) is 25.1 Å². The van der Waals surface area contributed by atoms with Crippen molar-refractivity contribution >= 4 is 18.2 Å². The quantitative estimate of drug-likeness (QED) is 0.320. The Labute approximate surface area is 230 Å². The maximum absolute atomic E-state index is 13.9. The number of amides is 3. The van der Waals surface area contributed by atoms with Crippen LogP contribution in [0.2, 0.25) is 0 Å². The van der Waals surface area contributed by atoms with Gasteiger partial charge in [0.15, 0.2) is 0 Å². The van der Waals surface area contributed by atoms with Gasteiger partial charge in [-0.15, -0.1) is 0 Å². The fourth-order valence-corrected chi connectivity index (χ4v) is 5.15. The highest BCUT2D eigenvalue weighted by molar-refractivity contribution is 5.84. The second-order valence-corrected chi connectivity index (χ2v) is 10.0. The summed E-state index contributed by atoms with van der Waals surface area (Å²) in [5.74, 6) is 0.0918. The Morgan fingerprint density at radius 2 is 1.59 bits per heavy atom. The van der Waals surface area contributed by atoms with Crippen LogP contribution in [0.3, 0.4) is 0 Å². The lowest BCUT2D eigenvalue weighted by Crippen LogP contribution is -2.67. The molecule has 2 unspecified atom stereocenters. The lowest BCUT2D eigenvalue weighted by atomic mass is 9.97. The molecular formula is C31H37N5O3. The van der Waals surface area contributed by atoms with Crippen LogP contribution in [0.4, 0.5) is 4.79 Å². The molecule has 0 aliphatic carbocycles. The lowest BCUT2D eigenvalue weighted by Gasteiger charge is -2.50. The molecule has 4 rings (SSSR count). The SMILES string of the molecule is CC(CN1CC(N(C(=O)NCc2ccccc2)N(C)CC=O)N(C)[C@@H](c2ccccc2)C1=O)c1ccccc1. The van der Waals surface area contributed by atoms with E-state index in [-0.39, 0.29) is 24.4 Å². The second kappa shape index (κ2) is 13.2. The minimum absolute atomic E-state index is 0.00887. The van der Waals surface area contributed by atoms with Crippen molar-refractivity contribution in [1.29, 1.82) is 0 Å². The molecule has 0 bridgehead atoms. The molecule has 8 nitrogen and oxygen atoms in total. The fourth-order valence-electron chi connectivity index (χ4n) is 5.15. The van der Waals surface area contributed by atoms with E-state index in [1.54, 1.807) is 17.1 Å². The Balaban J connectivity index is 1.66. The maximum Gasteiger partial charge on any atom is 0.333 e. The molecule has 39 heavy (non-hydrogen) atoms. The standard InChI is InChI=1S/C31H37N5O3/c1-24(26-15-9-5-10-16-26)22-35-23-28(34(3)29(30(35)38)27-17-11-6-12-18-27)36(33(2)19-20-37)31(39)32-21-25-13-7-4-8-14-25/h4-18,20,24,28-29H,19,21-23H2,1-3H3,(H,32,39)/t24?,28?,29-/m0/s1. The van der Waals surface area contributed by atoms with Crippen molar-refractivity contribution in [2.75, 3.05) is 33.7 Å². The monoisotopic (exact) mass is 527 g/mol. The van der Waals surface area contributed by atoms with Crippen molar-refractivity contribution in [2.24, 2.45) is 0 Å². The maximum atomic E-state index is 13.9. The predicted octanol–water partition coefficient (Wildman–Crippen LogP) is 3.89. The molecule has 8 heteroatoms. The molecular weight excluding hydrogens is 490 g/mol. The number of carbonyl (C=O) groups excluding carboxylic acids is 3. The van der Waals surface area contributed by atoms with E-state index in [0.29, 0.717) is 19.6 Å². The Morgan fingerprint density at radius 1 is 1.00 bits per heavy atom. The molecule has 204 valence electrons. The Morgan fingerprint density at radius 3 is 2.21 bits per heavy atom. The number of hydrogen-bond acceptors (Lipinski definition) is 5. The highest BCUT2D eigenvalue weighted by atomic mass is 16.2. The third-order valence-corrected chi connectivity index (χ3v) is 7.27. The summed E-state index contributed by atoms with van der Waals surface area (Å²) in [4.78, 5) is 42.9. The van der Waals surface area contributed by atoms with Crippen LogP contribution >= 0.6 is 0 Å². The van der Waals surface area contributed by atoms with Crippen LogP contribution in [0.1, 0.15) is 35.6 Å². The van der Waals surface area contributed by atoms with Crippen LogP contribution in [0.25, 0.3) is 0 Å². The predicted molar refractivity (Wildman–Crippen MR) is 151 cm³/mol. The van der Waals surface area contributed by atoms with Gasteiger partial charge < -0.3 is 15.0 Å². The number of hydrogen-bond donors (Lipinski definition) is 1. The van der Waals surface area contributed by atoms with Gasteiger partial charge in [-0.2, -0.15) is 0 Å². The molecule has 1 fully saturated rings. The lowest BCUT2D eigenvalue weighted by molar-refractivity contribution is -0.158. The molecule has 1 N–H and O–H groups in total. The second-order valence-electron chi connectivity index (χ2n) is 10.0. The summed E-state index contributed by atoms with van der Waals surface area (Å²) in [5.41, 5.74) is 2.97. The number of nitrogens with zero attached hydrogens (tertiary/aromatic N) is 4. The number of benzene rings is 3. The molecule has 1 aliphatic heterocycles. The van der Waals surface area contributed by atoms with Gasteiger partial charge in [-0.1, -0.05) is 97.9 Å². The van der Waals surface area contributed by atoms with Crippen molar-refractivity contribution < 1.29 is 14.4 Å². The Hall–Kier alpha value is -4.01. The smallest absolute Gasteiger partial charge is 0.333 e. The zero-order valence-electron chi connectivity index (χ0n) is 22.8. The van der Waals surface area contributed by atoms with Gasteiger partial charge >= 0.3 is 6.03 Å². The summed E-state index contributed by atoms with van der Waals surface area (Å²) < 4.78 is 0. The molecule has 1 saturated heterocycles. The van der Waals surface area contributed by atoms with Gasteiger partial charge in [0.05, 0.1) is 13.1 Å². The van der Waals surface area contributed by atoms with E-state index in [1.165, 1.54) is 0 Å². The van der Waals surface area contributed by atoms with Crippen LogP contribution in [-0.4, -0.2) is 77.9 Å². The zero-order chi connectivity index (χ0) is 27.8. The van der Waals surface area contributed by atoms with Crippen molar-refractivity contribution in [3.8, 4) is 0 Å². The Bertz CT molecular complexity index is 1220. The van der Waals surface area contributed by atoms with Gasteiger partial charge in [-0.25, -0.2) is 14.8 Å². The van der Waals surface area contributed by atoms with Crippen LogP contribution in [0, 0.1) is 0 Å². The van der Waals surface area contributed by atoms with Gasteiger partial charge in [-0.05, 0) is 29.7 Å². The van der Waals surface area contributed by atoms with E-state index >= 15 is 0 Å². The van der Waals surface area contributed by atoms with Crippen LogP contribution in [0.5, 0.6) is 0 Å². The third-order valence-electron chi connectivity index (χ3n) is 7.27. The van der Waals surface area contributed by atoms with E-state index in [9.17, 15) is 14.4 Å². The molecule has 1 aliphatic rings. The van der Waals surface area contributed by atoms with Gasteiger partial charge in [0.2, 0.25) is 5.91 Å². The van der Waals surface area contributed by atoms with E-state index in [4.69, 9.17) is 0 Å². The first-order chi connectivity index (χ1) is 18.9. The molecule has 3 atom stereocenters. The minimum atomic E-state index is -0.582. The van der Waals surface area contributed by atoms with Gasteiger partial charge in [-0.3, -0.25) is 9.69 Å². The number of rotatable bonds is 10. The van der Waals surface area contributed by atoms with E-state index in [1.807, 2.05) is 95.7 Å². The number of piperazine rings is 1. The van der Waals surface area contributed by atoms with Crippen molar-refractivity contribution in [3.63, 3.8) is 0 Å². The number of carbonyl (C=O) groups is 3. The van der Waals surface area contributed by atoms with E-state index in [2.05, 4.69) is 24.4 Å². The van der Waals surface area contributed by atoms with E-state index in [0.717, 1.165) is 23.0 Å². The Kier molecular flexibility index (Phi) is 9.46. The molecule has 0 radical (unpaired) electrons. The summed E-state index contributed by atoms with van der Waals surface area (Å²) in [5, 5.41) is 6.19. The molecule has 0 spiro atoms. The summed E-state index contributed by atoms with van der Waals surface area (Å²) in [6.07, 6.45) is 0.270. The molecule has 3 aromatic rings. The first kappa shape index (κ1) is 28.0. The van der Waals surface area contributed by atoms with Crippen LogP contribution < -0.4 is 5.32 Å². The molecule has 0 aromatic heterocycles. The van der Waals surface area contributed by atoms with Crippen molar-refractivity contribution in [2.45, 2.75) is 31.6 Å². The number of nitrogens with one attached hydrogen (secondary N) is 1. The van der Waals surface area contributed by atoms with Crippen LogP contribution in [-0.2, 0) is 16.1 Å². The van der Waals surface area contributed by atoms with Crippen molar-refractivity contribution in [3.05, 3.63) is 108 Å². The molecule has 0 saturated carbocycles. The third kappa shape index (κ3) is 6.71. The van der Waals surface area contributed by atoms with Gasteiger partial charge in [0.1, 0.15) is 18.5 Å². The average Bonchev–Trinajstić information content (AvgIpc) is 2.96. The molecule has 3 aromatic carbocycles. The summed E-state index contributed by atoms with van der Waals surface area (Å²) in [6.45, 7) is 3.30. The average molecular weight is 528 g/mol. The number of aldehydes is 1. The van der Waals surface area contributed by atoms with E-state index < -0.39 is 12.2 Å². The number of hydrazine groups is 1. The van der Waals surface area contributed by atoms with Gasteiger partial charge in [0, 0.05) is 20.1 Å². The first-order valence-corrected chi connectivity index (χ1v) is 13.3.